The monoisotopic (exact) mass is 429 g/mol. The molecule has 2 rings (SSSR count). The van der Waals surface area contributed by atoms with E-state index in [0.29, 0.717) is 5.82 Å². The summed E-state index contributed by atoms with van der Waals surface area (Å²) in [5.74, 6) is -1.17. The lowest BCUT2D eigenvalue weighted by atomic mass is 10.2. The molecule has 1 aromatic carbocycles. The van der Waals surface area contributed by atoms with Gasteiger partial charge in [0.1, 0.15) is 11.5 Å². The van der Waals surface area contributed by atoms with Gasteiger partial charge in [0.25, 0.3) is 5.91 Å². The number of carboxylic acid groups (broad SMARTS) is 1. The van der Waals surface area contributed by atoms with E-state index in [0.717, 1.165) is 19.4 Å². The second-order valence-corrected chi connectivity index (χ2v) is 7.07. The zero-order valence-corrected chi connectivity index (χ0v) is 17.0. The minimum atomic E-state index is -1.18. The summed E-state index contributed by atoms with van der Waals surface area (Å²) in [7, 11) is 1.88. The Morgan fingerprint density at radius 3 is 2.33 bits per heavy atom. The van der Waals surface area contributed by atoms with Crippen LogP contribution in [0.5, 0.6) is 0 Å². The molecule has 1 aromatic heterocycles. The van der Waals surface area contributed by atoms with Gasteiger partial charge in [0.2, 0.25) is 0 Å². The number of rotatable bonds is 7. The zero-order valence-electron chi connectivity index (χ0n) is 14.7. The average Bonchev–Trinajstić information content (AvgIpc) is 2.62. The topological polar surface area (TPSA) is 82.5 Å². The van der Waals surface area contributed by atoms with Crippen molar-refractivity contribution in [3.8, 4) is 0 Å². The highest BCUT2D eigenvalue weighted by atomic mass is 35.5. The predicted octanol–water partition coefficient (Wildman–Crippen LogP) is 5.23. The lowest BCUT2D eigenvalue weighted by Gasteiger charge is -2.19. The van der Waals surface area contributed by atoms with E-state index >= 15 is 0 Å². The number of pyridine rings is 1. The molecule has 27 heavy (non-hydrogen) atoms. The number of benzene rings is 1. The molecule has 6 nitrogen and oxygen atoms in total. The molecule has 1 heterocycles. The van der Waals surface area contributed by atoms with Gasteiger partial charge in [-0.05, 0) is 30.7 Å². The van der Waals surface area contributed by atoms with Gasteiger partial charge in [-0.2, -0.15) is 0 Å². The van der Waals surface area contributed by atoms with Crippen molar-refractivity contribution in [1.82, 2.24) is 4.98 Å². The Kier molecular flexibility index (Phi) is 7.30. The number of hydrogen-bond donors (Lipinski definition) is 2. The van der Waals surface area contributed by atoms with Crippen LogP contribution in [0.2, 0.25) is 15.1 Å². The molecule has 144 valence electrons. The molecule has 0 atom stereocenters. The Morgan fingerprint density at radius 1 is 1.15 bits per heavy atom. The quantitative estimate of drug-likeness (QED) is 0.628. The number of anilines is 2. The molecule has 2 N–H and O–H groups in total. The Morgan fingerprint density at radius 2 is 1.78 bits per heavy atom. The molecule has 0 aliphatic heterocycles. The first kappa shape index (κ1) is 21.3. The average molecular weight is 431 g/mol. The van der Waals surface area contributed by atoms with Crippen LogP contribution in [0.4, 0.5) is 11.5 Å². The van der Waals surface area contributed by atoms with Gasteiger partial charge in [-0.15, -0.1) is 0 Å². The van der Waals surface area contributed by atoms with Gasteiger partial charge < -0.3 is 15.3 Å². The predicted molar refractivity (Wildman–Crippen MR) is 109 cm³/mol. The number of aromatic nitrogens is 1. The Balaban J connectivity index is 2.29. The maximum atomic E-state index is 12.6. The summed E-state index contributed by atoms with van der Waals surface area (Å²) in [6.07, 6.45) is 2.03. The number of carbonyl (C=O) groups excluding carboxylic acids is 1. The first-order chi connectivity index (χ1) is 12.7. The normalized spacial score (nSPS) is 10.6. The highest BCUT2D eigenvalue weighted by molar-refractivity contribution is 6.41. The molecule has 9 heteroatoms. The summed E-state index contributed by atoms with van der Waals surface area (Å²) < 4.78 is 0. The summed E-state index contributed by atoms with van der Waals surface area (Å²) in [6, 6.07) is 5.74. The van der Waals surface area contributed by atoms with Crippen LogP contribution >= 0.6 is 34.8 Å². The van der Waals surface area contributed by atoms with E-state index in [1.807, 2.05) is 11.9 Å². The third kappa shape index (κ3) is 5.25. The molecule has 0 aliphatic rings. The van der Waals surface area contributed by atoms with Gasteiger partial charge in [0.05, 0.1) is 26.3 Å². The van der Waals surface area contributed by atoms with Crippen LogP contribution in [-0.4, -0.2) is 35.6 Å². The van der Waals surface area contributed by atoms with Crippen molar-refractivity contribution in [3.05, 3.63) is 50.6 Å². The number of aromatic carboxylic acids is 1. The van der Waals surface area contributed by atoms with Gasteiger partial charge in [0, 0.05) is 13.6 Å². The van der Waals surface area contributed by atoms with E-state index in [1.165, 1.54) is 12.1 Å². The highest BCUT2D eigenvalue weighted by Crippen LogP contribution is 2.32. The summed E-state index contributed by atoms with van der Waals surface area (Å²) in [4.78, 5) is 29.9. The van der Waals surface area contributed by atoms with E-state index in [9.17, 15) is 9.59 Å². The van der Waals surface area contributed by atoms with Crippen LogP contribution in [0.1, 0.15) is 40.6 Å². The van der Waals surface area contributed by atoms with Gasteiger partial charge in [-0.25, -0.2) is 9.78 Å². The van der Waals surface area contributed by atoms with Crippen LogP contribution < -0.4 is 10.2 Å². The fourth-order valence-electron chi connectivity index (χ4n) is 2.30. The minimum Gasteiger partial charge on any atom is -0.478 e. The third-order valence-corrected chi connectivity index (χ3v) is 4.71. The molecule has 0 aliphatic carbocycles. The Bertz CT molecular complexity index is 851. The smallest absolute Gasteiger partial charge is 0.335 e. The van der Waals surface area contributed by atoms with Crippen molar-refractivity contribution in [1.29, 1.82) is 0 Å². The second-order valence-electron chi connectivity index (χ2n) is 5.85. The molecule has 0 radical (unpaired) electrons. The minimum absolute atomic E-state index is 0.000547. The van der Waals surface area contributed by atoms with Crippen LogP contribution in [-0.2, 0) is 0 Å². The fraction of sp³-hybridized carbons (Fsp3) is 0.278. The molecular weight excluding hydrogens is 413 g/mol. The molecule has 0 saturated carbocycles. The summed E-state index contributed by atoms with van der Waals surface area (Å²) >= 11 is 18.3. The van der Waals surface area contributed by atoms with E-state index < -0.39 is 11.9 Å². The third-order valence-electron chi connectivity index (χ3n) is 3.81. The molecule has 0 unspecified atom stereocenters. The van der Waals surface area contributed by atoms with Crippen molar-refractivity contribution in [2.24, 2.45) is 0 Å². The largest absolute Gasteiger partial charge is 0.478 e. The zero-order chi connectivity index (χ0) is 20.1. The maximum Gasteiger partial charge on any atom is 0.335 e. The summed E-state index contributed by atoms with van der Waals surface area (Å²) in [5, 5.41) is 11.8. The van der Waals surface area contributed by atoms with Crippen LogP contribution in [0.15, 0.2) is 24.3 Å². The summed E-state index contributed by atoms with van der Waals surface area (Å²) in [5.41, 5.74) is 0.0293. The van der Waals surface area contributed by atoms with Crippen molar-refractivity contribution in [2.75, 3.05) is 23.8 Å². The number of carboxylic acids is 1. The van der Waals surface area contributed by atoms with Crippen LogP contribution in [0.25, 0.3) is 0 Å². The molecule has 2 aromatic rings. The van der Waals surface area contributed by atoms with Gasteiger partial charge in [-0.1, -0.05) is 48.1 Å². The Hall–Kier alpha value is -2.02. The standard InChI is InChI=1S/C18H18Cl3N3O3/c1-3-4-7-24(2)14-6-5-11(19)16(22-14)17(25)23-15-12(20)8-10(18(26)27)9-13(15)21/h5-6,8-9H,3-4,7H2,1-2H3,(H,23,25)(H,26,27). The number of carbonyl (C=O) groups is 2. The number of hydrogen-bond acceptors (Lipinski definition) is 4. The van der Waals surface area contributed by atoms with Gasteiger partial charge in [0.15, 0.2) is 0 Å². The van der Waals surface area contributed by atoms with Crippen molar-refractivity contribution in [3.63, 3.8) is 0 Å². The van der Waals surface area contributed by atoms with Crippen molar-refractivity contribution in [2.45, 2.75) is 19.8 Å². The maximum absolute atomic E-state index is 12.6. The highest BCUT2D eigenvalue weighted by Gasteiger charge is 2.19. The van der Waals surface area contributed by atoms with E-state index in [-0.39, 0.29) is 32.0 Å². The number of nitrogens with zero attached hydrogens (tertiary/aromatic N) is 2. The van der Waals surface area contributed by atoms with E-state index in [4.69, 9.17) is 39.9 Å². The van der Waals surface area contributed by atoms with Gasteiger partial charge >= 0.3 is 5.97 Å². The molecule has 0 fully saturated rings. The number of amides is 1. The van der Waals surface area contributed by atoms with Gasteiger partial charge in [-0.3, -0.25) is 4.79 Å². The lowest BCUT2D eigenvalue weighted by molar-refractivity contribution is 0.0696. The van der Waals surface area contributed by atoms with E-state index in [1.54, 1.807) is 12.1 Å². The lowest BCUT2D eigenvalue weighted by Crippen LogP contribution is -2.22. The Labute approximate surface area is 172 Å². The summed E-state index contributed by atoms with van der Waals surface area (Å²) in [6.45, 7) is 2.88. The number of halogens is 3. The molecular formula is C18H18Cl3N3O3. The van der Waals surface area contributed by atoms with Crippen LogP contribution in [0.3, 0.4) is 0 Å². The molecule has 1 amide bonds. The SMILES string of the molecule is CCCCN(C)c1ccc(Cl)c(C(=O)Nc2c(Cl)cc(C(=O)O)cc2Cl)n1. The molecule has 0 bridgehead atoms. The fourth-order valence-corrected chi connectivity index (χ4v) is 3.07. The van der Waals surface area contributed by atoms with E-state index in [2.05, 4.69) is 17.2 Å². The molecule has 0 spiro atoms. The first-order valence-electron chi connectivity index (χ1n) is 8.16. The van der Waals surface area contributed by atoms with Crippen molar-refractivity contribution >= 4 is 58.2 Å². The number of nitrogens with one attached hydrogen (secondary N) is 1. The first-order valence-corrected chi connectivity index (χ1v) is 9.29. The van der Waals surface area contributed by atoms with Crippen molar-refractivity contribution < 1.29 is 14.7 Å². The molecule has 0 saturated heterocycles. The number of unbranched alkanes of at least 4 members (excludes halogenated alkanes) is 1. The van der Waals surface area contributed by atoms with Crippen LogP contribution in [0, 0.1) is 0 Å². The second kappa shape index (κ2) is 9.26.